The zero-order valence-electron chi connectivity index (χ0n) is 10.8. The van der Waals surface area contributed by atoms with Crippen LogP contribution >= 0.6 is 0 Å². The van der Waals surface area contributed by atoms with Crippen LogP contribution in [0.1, 0.15) is 36.0 Å². The number of piperidine rings is 1. The summed E-state index contributed by atoms with van der Waals surface area (Å²) in [5, 5.41) is 0. The second-order valence-electron chi connectivity index (χ2n) is 5.10. The van der Waals surface area contributed by atoms with E-state index < -0.39 is 0 Å². The van der Waals surface area contributed by atoms with Crippen LogP contribution < -0.4 is 5.73 Å². The van der Waals surface area contributed by atoms with E-state index in [0.717, 1.165) is 38.0 Å². The zero-order valence-corrected chi connectivity index (χ0v) is 10.8. The normalized spacial score (nSPS) is 20.8. The van der Waals surface area contributed by atoms with Gasteiger partial charge in [-0.1, -0.05) is 30.3 Å². The Morgan fingerprint density at radius 1 is 1.33 bits per heavy atom. The number of hydrogen-bond donors (Lipinski definition) is 1. The molecular weight excluding hydrogens is 224 g/mol. The number of nitrogens with two attached hydrogens (primary N) is 1. The van der Waals surface area contributed by atoms with Crippen molar-refractivity contribution in [3.63, 3.8) is 0 Å². The number of benzene rings is 1. The Balaban J connectivity index is 1.70. The average Bonchev–Trinajstić information content (AvgIpc) is 2.40. The molecule has 1 heterocycles. The quantitative estimate of drug-likeness (QED) is 0.809. The summed E-state index contributed by atoms with van der Waals surface area (Å²) in [6.45, 7) is 3.11. The number of nitrogens with zero attached hydrogens (tertiary/aromatic N) is 1. The molecule has 0 radical (unpaired) electrons. The van der Waals surface area contributed by atoms with Crippen LogP contribution in [0, 0.1) is 0 Å². The summed E-state index contributed by atoms with van der Waals surface area (Å²) >= 11 is 0. The van der Waals surface area contributed by atoms with Gasteiger partial charge in [0.15, 0.2) is 5.78 Å². The molecule has 1 unspecified atom stereocenters. The van der Waals surface area contributed by atoms with E-state index in [1.54, 1.807) is 0 Å². The van der Waals surface area contributed by atoms with Crippen LogP contribution in [-0.2, 0) is 0 Å². The summed E-state index contributed by atoms with van der Waals surface area (Å²) < 4.78 is 0. The van der Waals surface area contributed by atoms with Gasteiger partial charge in [0.1, 0.15) is 0 Å². The van der Waals surface area contributed by atoms with Crippen LogP contribution in [0.4, 0.5) is 0 Å². The van der Waals surface area contributed by atoms with Crippen molar-refractivity contribution < 1.29 is 4.79 Å². The molecule has 18 heavy (non-hydrogen) atoms. The molecule has 1 aromatic rings. The van der Waals surface area contributed by atoms with E-state index in [4.69, 9.17) is 5.73 Å². The predicted molar refractivity (Wildman–Crippen MR) is 73.7 cm³/mol. The van der Waals surface area contributed by atoms with Crippen molar-refractivity contribution in [2.75, 3.05) is 19.6 Å². The standard InChI is InChI=1S/C15H22N2O/c16-14-8-4-10-17(12-14)11-5-9-15(18)13-6-2-1-3-7-13/h1-3,6-7,14H,4-5,8-12,16H2. The molecular formula is C15H22N2O. The van der Waals surface area contributed by atoms with Crippen LogP contribution in [0.25, 0.3) is 0 Å². The fraction of sp³-hybridized carbons (Fsp3) is 0.533. The van der Waals surface area contributed by atoms with Crippen molar-refractivity contribution in [3.05, 3.63) is 35.9 Å². The summed E-state index contributed by atoms with van der Waals surface area (Å²) in [6.07, 6.45) is 3.89. The number of carbonyl (C=O) groups excluding carboxylic acids is 1. The molecule has 3 heteroatoms. The lowest BCUT2D eigenvalue weighted by molar-refractivity contribution is 0.0972. The van der Waals surface area contributed by atoms with E-state index in [1.807, 2.05) is 30.3 Å². The molecule has 0 saturated carbocycles. The Morgan fingerprint density at radius 2 is 2.11 bits per heavy atom. The van der Waals surface area contributed by atoms with Crippen molar-refractivity contribution >= 4 is 5.78 Å². The fourth-order valence-electron chi connectivity index (χ4n) is 2.53. The highest BCUT2D eigenvalue weighted by Crippen LogP contribution is 2.10. The largest absolute Gasteiger partial charge is 0.327 e. The summed E-state index contributed by atoms with van der Waals surface area (Å²) in [7, 11) is 0. The van der Waals surface area contributed by atoms with Crippen molar-refractivity contribution in [1.82, 2.24) is 4.90 Å². The van der Waals surface area contributed by atoms with Crippen LogP contribution in [0.3, 0.4) is 0 Å². The zero-order chi connectivity index (χ0) is 12.8. The van der Waals surface area contributed by atoms with Gasteiger partial charge < -0.3 is 10.6 Å². The number of rotatable bonds is 5. The van der Waals surface area contributed by atoms with Crippen molar-refractivity contribution in [3.8, 4) is 0 Å². The van der Waals surface area contributed by atoms with Gasteiger partial charge in [-0.2, -0.15) is 0 Å². The molecule has 1 saturated heterocycles. The Bertz CT molecular complexity index is 377. The molecule has 1 aliphatic heterocycles. The maximum atomic E-state index is 11.9. The molecule has 3 nitrogen and oxygen atoms in total. The monoisotopic (exact) mass is 246 g/mol. The lowest BCUT2D eigenvalue weighted by Gasteiger charge is -2.30. The number of ketones is 1. The molecule has 1 fully saturated rings. The third-order valence-corrected chi connectivity index (χ3v) is 3.52. The minimum absolute atomic E-state index is 0.247. The number of likely N-dealkylation sites (tertiary alicyclic amines) is 1. The SMILES string of the molecule is NC1CCCN(CCCC(=O)c2ccccc2)C1. The minimum atomic E-state index is 0.247. The molecule has 98 valence electrons. The second-order valence-corrected chi connectivity index (χ2v) is 5.10. The first-order valence-corrected chi connectivity index (χ1v) is 6.82. The Kier molecular flexibility index (Phi) is 4.90. The highest BCUT2D eigenvalue weighted by molar-refractivity contribution is 5.95. The van der Waals surface area contributed by atoms with Gasteiger partial charge in [0.2, 0.25) is 0 Å². The first-order valence-electron chi connectivity index (χ1n) is 6.82. The summed E-state index contributed by atoms with van der Waals surface area (Å²) in [6, 6.07) is 9.86. The smallest absolute Gasteiger partial charge is 0.162 e. The van der Waals surface area contributed by atoms with E-state index >= 15 is 0 Å². The molecule has 0 aliphatic carbocycles. The van der Waals surface area contributed by atoms with E-state index in [1.165, 1.54) is 6.42 Å². The fourth-order valence-corrected chi connectivity index (χ4v) is 2.53. The molecule has 0 bridgehead atoms. The van der Waals surface area contributed by atoms with Crippen LogP contribution in [0.2, 0.25) is 0 Å². The summed E-state index contributed by atoms with van der Waals surface area (Å²) in [4.78, 5) is 14.3. The van der Waals surface area contributed by atoms with Crippen LogP contribution in [0.5, 0.6) is 0 Å². The van der Waals surface area contributed by atoms with Crippen LogP contribution in [0.15, 0.2) is 30.3 Å². The third kappa shape index (κ3) is 3.93. The average molecular weight is 246 g/mol. The molecule has 1 aliphatic rings. The minimum Gasteiger partial charge on any atom is -0.327 e. The van der Waals surface area contributed by atoms with Crippen LogP contribution in [-0.4, -0.2) is 36.4 Å². The van der Waals surface area contributed by atoms with Gasteiger partial charge in [0.05, 0.1) is 0 Å². The van der Waals surface area contributed by atoms with Crippen molar-refractivity contribution in [1.29, 1.82) is 0 Å². The third-order valence-electron chi connectivity index (χ3n) is 3.52. The maximum Gasteiger partial charge on any atom is 0.162 e. The molecule has 0 spiro atoms. The van der Waals surface area contributed by atoms with Crippen molar-refractivity contribution in [2.24, 2.45) is 5.73 Å². The van der Waals surface area contributed by atoms with E-state index in [0.29, 0.717) is 12.5 Å². The Hall–Kier alpha value is -1.19. The second kappa shape index (κ2) is 6.66. The predicted octanol–water partition coefficient (Wildman–Crippen LogP) is 2.07. The van der Waals surface area contributed by atoms with Gasteiger partial charge in [-0.25, -0.2) is 0 Å². The molecule has 1 aromatic carbocycles. The first-order chi connectivity index (χ1) is 8.75. The van der Waals surface area contributed by atoms with Gasteiger partial charge >= 0.3 is 0 Å². The Morgan fingerprint density at radius 3 is 2.83 bits per heavy atom. The van der Waals surface area contributed by atoms with Gasteiger partial charge in [-0.3, -0.25) is 4.79 Å². The van der Waals surface area contributed by atoms with Gasteiger partial charge in [-0.05, 0) is 32.4 Å². The molecule has 2 N–H and O–H groups in total. The first kappa shape index (κ1) is 13.2. The highest BCUT2D eigenvalue weighted by Gasteiger charge is 2.16. The summed E-state index contributed by atoms with van der Waals surface area (Å²) in [5.74, 6) is 0.247. The van der Waals surface area contributed by atoms with E-state index in [9.17, 15) is 4.79 Å². The molecule has 0 aromatic heterocycles. The molecule has 0 amide bonds. The van der Waals surface area contributed by atoms with E-state index in [-0.39, 0.29) is 5.78 Å². The van der Waals surface area contributed by atoms with Gasteiger partial charge in [-0.15, -0.1) is 0 Å². The molecule has 1 atom stereocenters. The maximum absolute atomic E-state index is 11.9. The lowest BCUT2D eigenvalue weighted by Crippen LogP contribution is -2.43. The summed E-state index contributed by atoms with van der Waals surface area (Å²) in [5.41, 5.74) is 6.77. The number of carbonyl (C=O) groups is 1. The highest BCUT2D eigenvalue weighted by atomic mass is 16.1. The number of Topliss-reactive ketones (excluding diaryl/α,β-unsaturated/α-hetero) is 1. The number of hydrogen-bond acceptors (Lipinski definition) is 3. The van der Waals surface area contributed by atoms with Gasteiger partial charge in [0, 0.05) is 24.6 Å². The van der Waals surface area contributed by atoms with Crippen molar-refractivity contribution in [2.45, 2.75) is 31.7 Å². The van der Waals surface area contributed by atoms with E-state index in [2.05, 4.69) is 4.90 Å². The lowest BCUT2D eigenvalue weighted by atomic mass is 10.0. The van der Waals surface area contributed by atoms with Gasteiger partial charge in [0.25, 0.3) is 0 Å². The topological polar surface area (TPSA) is 46.3 Å². The molecule has 2 rings (SSSR count). The Labute approximate surface area is 109 Å².